The summed E-state index contributed by atoms with van der Waals surface area (Å²) in [6.45, 7) is 0.746. The fraction of sp³-hybridized carbons (Fsp3) is 0.500. The maximum Gasteiger partial charge on any atom is 0.169 e. The minimum absolute atomic E-state index is 0.0127. The third kappa shape index (κ3) is 2.33. The summed E-state index contributed by atoms with van der Waals surface area (Å²) in [6, 6.07) is 3.76. The average molecular weight is 234 g/mol. The predicted octanol–water partition coefficient (Wildman–Crippen LogP) is 1.95. The summed E-state index contributed by atoms with van der Waals surface area (Å²) < 4.78 is 11.3. The van der Waals surface area contributed by atoms with Gasteiger partial charge in [-0.15, -0.1) is 0 Å². The van der Waals surface area contributed by atoms with Crippen LogP contribution >= 0.6 is 15.9 Å². The highest BCUT2D eigenvalue weighted by atomic mass is 79.9. The number of likely N-dealkylation sites (N-methyl/N-ethyl adjacent to an activating group) is 1. The highest BCUT2D eigenvalue weighted by Crippen LogP contribution is 2.21. The molecule has 0 aromatic carbocycles. The van der Waals surface area contributed by atoms with Crippen molar-refractivity contribution in [2.24, 2.45) is 0 Å². The van der Waals surface area contributed by atoms with E-state index in [-0.39, 0.29) is 6.10 Å². The van der Waals surface area contributed by atoms with E-state index >= 15 is 0 Å². The lowest BCUT2D eigenvalue weighted by molar-refractivity contribution is 0.0842. The number of hydrogen-bond donors (Lipinski definition) is 1. The van der Waals surface area contributed by atoms with E-state index in [0.29, 0.717) is 0 Å². The zero-order valence-electron chi connectivity index (χ0n) is 7.13. The van der Waals surface area contributed by atoms with E-state index in [0.717, 1.165) is 17.0 Å². The molecule has 0 spiro atoms. The molecule has 1 rings (SSSR count). The Labute approximate surface area is 80.2 Å². The Bertz CT molecular complexity index is 237. The van der Waals surface area contributed by atoms with E-state index in [1.165, 1.54) is 0 Å². The van der Waals surface area contributed by atoms with Gasteiger partial charge >= 0.3 is 0 Å². The van der Waals surface area contributed by atoms with Crippen LogP contribution in [0.2, 0.25) is 0 Å². The Hall–Kier alpha value is -0.320. The number of hydrogen-bond acceptors (Lipinski definition) is 3. The minimum atomic E-state index is -0.0127. The summed E-state index contributed by atoms with van der Waals surface area (Å²) in [7, 11) is 3.54. The molecule has 1 heterocycles. The van der Waals surface area contributed by atoms with Gasteiger partial charge in [-0.1, -0.05) is 0 Å². The molecule has 12 heavy (non-hydrogen) atoms. The van der Waals surface area contributed by atoms with Crippen molar-refractivity contribution < 1.29 is 9.15 Å². The zero-order valence-corrected chi connectivity index (χ0v) is 8.72. The van der Waals surface area contributed by atoms with Crippen molar-refractivity contribution in [1.29, 1.82) is 0 Å². The molecule has 1 aromatic heterocycles. The van der Waals surface area contributed by atoms with Crippen LogP contribution in [0, 0.1) is 0 Å². The van der Waals surface area contributed by atoms with Crippen LogP contribution in [-0.4, -0.2) is 20.7 Å². The van der Waals surface area contributed by atoms with Crippen molar-refractivity contribution in [3.05, 3.63) is 22.6 Å². The smallest absolute Gasteiger partial charge is 0.169 e. The molecule has 1 unspecified atom stereocenters. The summed E-state index contributed by atoms with van der Waals surface area (Å²) in [4.78, 5) is 0. The van der Waals surface area contributed by atoms with Crippen molar-refractivity contribution >= 4 is 15.9 Å². The number of furan rings is 1. The topological polar surface area (TPSA) is 34.4 Å². The van der Waals surface area contributed by atoms with E-state index in [1.807, 2.05) is 19.2 Å². The standard InChI is InChI=1S/C8H12BrNO2/c1-10-5-7(11-2)6-3-4-8(9)12-6/h3-4,7,10H,5H2,1-2H3. The average Bonchev–Trinajstić information content (AvgIpc) is 2.47. The van der Waals surface area contributed by atoms with Gasteiger partial charge in [0, 0.05) is 13.7 Å². The van der Waals surface area contributed by atoms with E-state index in [4.69, 9.17) is 9.15 Å². The Balaban J connectivity index is 2.66. The predicted molar refractivity (Wildman–Crippen MR) is 50.1 cm³/mol. The maximum absolute atomic E-state index is 5.34. The summed E-state index contributed by atoms with van der Waals surface area (Å²) in [6.07, 6.45) is -0.0127. The first-order valence-electron chi connectivity index (χ1n) is 3.70. The van der Waals surface area contributed by atoms with Gasteiger partial charge in [-0.3, -0.25) is 0 Å². The molecule has 4 heteroatoms. The first kappa shape index (κ1) is 9.77. The van der Waals surface area contributed by atoms with Crippen LogP contribution < -0.4 is 5.32 Å². The van der Waals surface area contributed by atoms with Gasteiger partial charge in [0.2, 0.25) is 0 Å². The largest absolute Gasteiger partial charge is 0.452 e. The molecule has 0 saturated heterocycles. The van der Waals surface area contributed by atoms with Crippen LogP contribution in [0.25, 0.3) is 0 Å². The molecule has 0 bridgehead atoms. The molecule has 0 aliphatic heterocycles. The van der Waals surface area contributed by atoms with Crippen LogP contribution in [-0.2, 0) is 4.74 Å². The molecular formula is C8H12BrNO2. The van der Waals surface area contributed by atoms with Gasteiger partial charge in [-0.25, -0.2) is 0 Å². The fourth-order valence-electron chi connectivity index (χ4n) is 0.987. The molecule has 0 aliphatic rings. The molecule has 0 aliphatic carbocycles. The summed E-state index contributed by atoms with van der Waals surface area (Å²) in [5, 5.41) is 3.03. The van der Waals surface area contributed by atoms with Crippen LogP contribution in [0.3, 0.4) is 0 Å². The second-order valence-electron chi connectivity index (χ2n) is 2.42. The van der Waals surface area contributed by atoms with Crippen LogP contribution in [0.5, 0.6) is 0 Å². The molecule has 0 saturated carbocycles. The van der Waals surface area contributed by atoms with Crippen molar-refractivity contribution in [2.75, 3.05) is 20.7 Å². The van der Waals surface area contributed by atoms with Gasteiger partial charge < -0.3 is 14.5 Å². The number of halogens is 1. The monoisotopic (exact) mass is 233 g/mol. The first-order valence-corrected chi connectivity index (χ1v) is 4.50. The second kappa shape index (κ2) is 4.64. The highest BCUT2D eigenvalue weighted by Gasteiger charge is 2.12. The van der Waals surface area contributed by atoms with Crippen molar-refractivity contribution in [1.82, 2.24) is 5.32 Å². The summed E-state index contributed by atoms with van der Waals surface area (Å²) in [5.41, 5.74) is 0. The summed E-state index contributed by atoms with van der Waals surface area (Å²) >= 11 is 3.24. The number of rotatable bonds is 4. The van der Waals surface area contributed by atoms with Gasteiger partial charge in [-0.05, 0) is 35.1 Å². The number of methoxy groups -OCH3 is 1. The van der Waals surface area contributed by atoms with Crippen LogP contribution in [0.4, 0.5) is 0 Å². The summed E-state index contributed by atoms with van der Waals surface area (Å²) in [5.74, 6) is 0.832. The second-order valence-corrected chi connectivity index (χ2v) is 3.21. The molecule has 1 N–H and O–H groups in total. The molecule has 1 aromatic rings. The van der Waals surface area contributed by atoms with Crippen molar-refractivity contribution in [3.63, 3.8) is 0 Å². The lowest BCUT2D eigenvalue weighted by atomic mass is 10.3. The number of ether oxygens (including phenoxy) is 1. The fourth-order valence-corrected chi connectivity index (χ4v) is 1.31. The highest BCUT2D eigenvalue weighted by molar-refractivity contribution is 9.10. The third-order valence-corrected chi connectivity index (χ3v) is 2.01. The lowest BCUT2D eigenvalue weighted by Gasteiger charge is -2.11. The van der Waals surface area contributed by atoms with Crippen LogP contribution in [0.15, 0.2) is 21.2 Å². The quantitative estimate of drug-likeness (QED) is 0.864. The van der Waals surface area contributed by atoms with Crippen LogP contribution in [0.1, 0.15) is 11.9 Å². The van der Waals surface area contributed by atoms with Crippen molar-refractivity contribution in [3.8, 4) is 0 Å². The molecule has 0 fully saturated rings. The normalized spacial score (nSPS) is 13.2. The Morgan fingerprint density at radius 1 is 1.67 bits per heavy atom. The Morgan fingerprint density at radius 3 is 2.83 bits per heavy atom. The number of nitrogens with one attached hydrogen (secondary N) is 1. The SMILES string of the molecule is CNCC(OC)c1ccc(Br)o1. The zero-order chi connectivity index (χ0) is 8.97. The molecule has 1 atom stereocenters. The maximum atomic E-state index is 5.34. The molecule has 0 amide bonds. The Kier molecular flexibility index (Phi) is 3.78. The van der Waals surface area contributed by atoms with E-state index in [9.17, 15) is 0 Å². The third-order valence-electron chi connectivity index (χ3n) is 1.59. The van der Waals surface area contributed by atoms with E-state index < -0.39 is 0 Å². The minimum Gasteiger partial charge on any atom is -0.452 e. The first-order chi connectivity index (χ1) is 5.77. The van der Waals surface area contributed by atoms with Gasteiger partial charge in [0.15, 0.2) is 4.67 Å². The van der Waals surface area contributed by atoms with Gasteiger partial charge in [-0.2, -0.15) is 0 Å². The lowest BCUT2D eigenvalue weighted by Crippen LogP contribution is -2.17. The van der Waals surface area contributed by atoms with Gasteiger partial charge in [0.25, 0.3) is 0 Å². The molecular weight excluding hydrogens is 222 g/mol. The van der Waals surface area contributed by atoms with E-state index in [1.54, 1.807) is 7.11 Å². The Morgan fingerprint density at radius 2 is 2.42 bits per heavy atom. The molecule has 68 valence electrons. The van der Waals surface area contributed by atoms with E-state index in [2.05, 4.69) is 21.2 Å². The molecule has 0 radical (unpaired) electrons. The molecule has 3 nitrogen and oxygen atoms in total. The van der Waals surface area contributed by atoms with Gasteiger partial charge in [0.1, 0.15) is 11.9 Å². The van der Waals surface area contributed by atoms with Crippen molar-refractivity contribution in [2.45, 2.75) is 6.10 Å². The van der Waals surface area contributed by atoms with Gasteiger partial charge in [0.05, 0.1) is 0 Å².